The van der Waals surface area contributed by atoms with Gasteiger partial charge in [-0.1, -0.05) is 158 Å². The molecule has 16 rings (SSSR count). The minimum Gasteiger partial charge on any atom is -0.310 e. The number of hydrogen-bond donors (Lipinski definition) is 0. The standard InChI is InChI=1S/C66H50N2/c1-3-16-50(17-4-1)67(52-20-11-15-47(40-52)55-23-12-14-44-13-7-8-21-54(44)55)62-33-27-45-26-31-59-63(34-28-46-25-30-58(62)64(45)65(46)59)68(51-18-5-2-6-19-51)53-29-32-57-56-22-9-10-24-60(56)66(61(57)41-53)48-36-42-35-43(38-48)39-49(66)37-42/h1-34,40-43,48-49H,35-39H2. The van der Waals surface area contributed by atoms with Gasteiger partial charge in [-0.05, 0) is 182 Å². The zero-order valence-electron chi connectivity index (χ0n) is 38.0. The van der Waals surface area contributed by atoms with Crippen LogP contribution in [0.25, 0.3) is 65.3 Å². The summed E-state index contributed by atoms with van der Waals surface area (Å²) < 4.78 is 0. The third-order valence-corrected chi connectivity index (χ3v) is 17.1. The van der Waals surface area contributed by atoms with Crippen LogP contribution >= 0.6 is 0 Å². The highest BCUT2D eigenvalue weighted by molar-refractivity contribution is 6.28. The lowest BCUT2D eigenvalue weighted by atomic mass is 9.43. The molecule has 5 aliphatic rings. The fraction of sp³-hybridized carbons (Fsp3) is 0.152. The second-order valence-electron chi connectivity index (χ2n) is 20.5. The Morgan fingerprint density at radius 3 is 1.51 bits per heavy atom. The Morgan fingerprint density at radius 2 is 0.838 bits per heavy atom. The van der Waals surface area contributed by atoms with Gasteiger partial charge in [0, 0.05) is 38.9 Å². The molecular weight excluding hydrogens is 821 g/mol. The van der Waals surface area contributed by atoms with Gasteiger partial charge in [0.15, 0.2) is 0 Å². The summed E-state index contributed by atoms with van der Waals surface area (Å²) in [4.78, 5) is 5.02. The first-order chi connectivity index (χ1) is 33.7. The topological polar surface area (TPSA) is 6.48 Å². The van der Waals surface area contributed by atoms with E-state index in [9.17, 15) is 0 Å². The van der Waals surface area contributed by atoms with Gasteiger partial charge in [0.2, 0.25) is 0 Å². The molecule has 4 bridgehead atoms. The zero-order valence-corrected chi connectivity index (χ0v) is 38.0. The summed E-state index contributed by atoms with van der Waals surface area (Å²) in [5, 5.41) is 10.1. The molecule has 1 spiro atoms. The molecule has 0 atom stereocenters. The maximum atomic E-state index is 2.64. The van der Waals surface area contributed by atoms with Crippen molar-refractivity contribution in [3.8, 4) is 22.3 Å². The van der Waals surface area contributed by atoms with E-state index in [1.54, 1.807) is 11.1 Å². The van der Waals surface area contributed by atoms with Crippen LogP contribution in [0.1, 0.15) is 43.2 Å². The van der Waals surface area contributed by atoms with Gasteiger partial charge >= 0.3 is 0 Å². The SMILES string of the molecule is c1ccc(N(c2cccc(-c3cccc4ccccc34)c2)c2ccc3ccc4c(N(c5ccccc5)c5ccc6c(c5)C5(c7ccccc7-6)C6CC7CC(C6)CC5C7)ccc5ccc2c3c54)cc1. The first-order valence-corrected chi connectivity index (χ1v) is 24.9. The Morgan fingerprint density at radius 1 is 0.324 bits per heavy atom. The molecule has 0 amide bonds. The maximum Gasteiger partial charge on any atom is 0.0540 e. The van der Waals surface area contributed by atoms with E-state index in [2.05, 4.69) is 228 Å². The quantitative estimate of drug-likeness (QED) is 0.147. The third kappa shape index (κ3) is 5.46. The Bertz CT molecular complexity index is 3740. The number of nitrogens with zero attached hydrogens (tertiary/aromatic N) is 2. The monoisotopic (exact) mass is 870 g/mol. The lowest BCUT2D eigenvalue weighted by Gasteiger charge is -2.61. The summed E-state index contributed by atoms with van der Waals surface area (Å²) in [6.07, 6.45) is 6.96. The fourth-order valence-corrected chi connectivity index (χ4v) is 14.7. The summed E-state index contributed by atoms with van der Waals surface area (Å²) in [6, 6.07) is 82.4. The van der Waals surface area contributed by atoms with Crippen LogP contribution in [0, 0.1) is 23.7 Å². The number of benzene rings is 11. The molecule has 68 heavy (non-hydrogen) atoms. The van der Waals surface area contributed by atoms with Gasteiger partial charge in [0.1, 0.15) is 0 Å². The smallest absolute Gasteiger partial charge is 0.0540 e. The molecule has 4 saturated carbocycles. The van der Waals surface area contributed by atoms with E-state index in [4.69, 9.17) is 0 Å². The average Bonchev–Trinajstić information content (AvgIpc) is 3.68. The number of fused-ring (bicyclic) bond motifs is 4. The van der Waals surface area contributed by atoms with Crippen LogP contribution < -0.4 is 9.80 Å². The molecule has 0 radical (unpaired) electrons. The zero-order chi connectivity index (χ0) is 44.5. The third-order valence-electron chi connectivity index (χ3n) is 17.1. The van der Waals surface area contributed by atoms with Gasteiger partial charge in [-0.15, -0.1) is 0 Å². The van der Waals surface area contributed by atoms with E-state index in [0.29, 0.717) is 11.8 Å². The van der Waals surface area contributed by atoms with E-state index in [1.165, 1.54) is 115 Å². The Balaban J connectivity index is 0.923. The van der Waals surface area contributed by atoms with E-state index in [-0.39, 0.29) is 5.41 Å². The second-order valence-corrected chi connectivity index (χ2v) is 20.5. The van der Waals surface area contributed by atoms with Crippen LogP contribution in [0.3, 0.4) is 0 Å². The van der Waals surface area contributed by atoms with Gasteiger partial charge in [-0.3, -0.25) is 0 Å². The lowest BCUT2D eigenvalue weighted by molar-refractivity contribution is -0.0399. The molecule has 5 aliphatic carbocycles. The minimum absolute atomic E-state index is 0.0931. The van der Waals surface area contributed by atoms with Crippen molar-refractivity contribution in [3.63, 3.8) is 0 Å². The van der Waals surface area contributed by atoms with Crippen molar-refractivity contribution in [3.05, 3.63) is 230 Å². The molecule has 2 nitrogen and oxygen atoms in total. The number of hydrogen-bond acceptors (Lipinski definition) is 2. The molecule has 324 valence electrons. The molecule has 0 unspecified atom stereocenters. The highest BCUT2D eigenvalue weighted by atomic mass is 15.1. The van der Waals surface area contributed by atoms with Gasteiger partial charge in [-0.25, -0.2) is 0 Å². The number of anilines is 6. The summed E-state index contributed by atoms with van der Waals surface area (Å²) in [6.45, 7) is 0. The van der Waals surface area contributed by atoms with Crippen molar-refractivity contribution < 1.29 is 0 Å². The van der Waals surface area contributed by atoms with E-state index < -0.39 is 0 Å². The lowest BCUT2D eigenvalue weighted by Crippen LogP contribution is -2.55. The average molecular weight is 871 g/mol. The van der Waals surface area contributed by atoms with Crippen molar-refractivity contribution in [2.24, 2.45) is 23.7 Å². The van der Waals surface area contributed by atoms with Crippen LogP contribution in [-0.2, 0) is 5.41 Å². The summed E-state index contributed by atoms with van der Waals surface area (Å²) in [5.41, 5.74) is 15.7. The summed E-state index contributed by atoms with van der Waals surface area (Å²) in [5.74, 6) is 3.23. The maximum absolute atomic E-state index is 2.64. The predicted molar refractivity (Wildman–Crippen MR) is 286 cm³/mol. The molecule has 0 N–H and O–H groups in total. The predicted octanol–water partition coefficient (Wildman–Crippen LogP) is 18.1. The van der Waals surface area contributed by atoms with Gasteiger partial charge in [0.05, 0.1) is 11.4 Å². The first kappa shape index (κ1) is 38.4. The van der Waals surface area contributed by atoms with Gasteiger partial charge in [0.25, 0.3) is 0 Å². The Labute approximate surface area is 398 Å². The first-order valence-electron chi connectivity index (χ1n) is 24.9. The molecule has 2 heteroatoms. The van der Waals surface area contributed by atoms with Gasteiger partial charge < -0.3 is 9.80 Å². The number of rotatable bonds is 7. The minimum atomic E-state index is 0.0931. The molecule has 0 aliphatic heterocycles. The van der Waals surface area contributed by atoms with Crippen molar-refractivity contribution >= 4 is 77.2 Å². The Hall–Kier alpha value is -7.68. The van der Waals surface area contributed by atoms with Crippen LogP contribution in [-0.4, -0.2) is 0 Å². The van der Waals surface area contributed by atoms with Crippen molar-refractivity contribution in [2.75, 3.05) is 9.80 Å². The Kier molecular flexibility index (Phi) is 8.28. The van der Waals surface area contributed by atoms with Crippen LogP contribution in [0.15, 0.2) is 218 Å². The largest absolute Gasteiger partial charge is 0.310 e. The molecule has 11 aromatic carbocycles. The normalized spacial score (nSPS) is 21.0. The second kappa shape index (κ2) is 14.7. The van der Waals surface area contributed by atoms with E-state index in [0.717, 1.165) is 28.9 Å². The van der Waals surface area contributed by atoms with Gasteiger partial charge in [-0.2, -0.15) is 0 Å². The van der Waals surface area contributed by atoms with Crippen molar-refractivity contribution in [1.82, 2.24) is 0 Å². The molecule has 0 aromatic heterocycles. The molecule has 4 fully saturated rings. The molecule has 0 saturated heterocycles. The fourth-order valence-electron chi connectivity index (χ4n) is 14.7. The van der Waals surface area contributed by atoms with Crippen molar-refractivity contribution in [2.45, 2.75) is 37.5 Å². The molecule has 11 aromatic rings. The summed E-state index contributed by atoms with van der Waals surface area (Å²) >= 11 is 0. The number of para-hydroxylation sites is 2. The van der Waals surface area contributed by atoms with Crippen molar-refractivity contribution in [1.29, 1.82) is 0 Å². The highest BCUT2D eigenvalue weighted by Gasteiger charge is 2.61. The van der Waals surface area contributed by atoms with E-state index in [1.807, 2.05) is 0 Å². The molecule has 0 heterocycles. The van der Waals surface area contributed by atoms with Crippen LogP contribution in [0.5, 0.6) is 0 Å². The highest BCUT2D eigenvalue weighted by Crippen LogP contribution is 2.69. The van der Waals surface area contributed by atoms with Crippen LogP contribution in [0.4, 0.5) is 34.1 Å². The van der Waals surface area contributed by atoms with Crippen LogP contribution in [0.2, 0.25) is 0 Å². The molecular formula is C66H50N2. The summed E-state index contributed by atoms with van der Waals surface area (Å²) in [7, 11) is 0. The van der Waals surface area contributed by atoms with E-state index >= 15 is 0 Å².